The van der Waals surface area contributed by atoms with Gasteiger partial charge in [-0.15, -0.1) is 0 Å². The zero-order valence-corrected chi connectivity index (χ0v) is 26.1. The minimum absolute atomic E-state index is 0.512. The Bertz CT molecular complexity index is 365. The van der Waals surface area contributed by atoms with Gasteiger partial charge < -0.3 is 9.80 Å². The highest BCUT2D eigenvalue weighted by Gasteiger charge is 2.34. The normalized spacial score (nSPS) is 16.5. The van der Waals surface area contributed by atoms with Gasteiger partial charge in [0.1, 0.15) is 0 Å². The molecular weight excluding hydrogens is 400 g/mol. The standard InChI is InChI=1S/C23H48N2.2C3H8.C2H6/c1-8-13-21(9-2)18-24(12-5)20-23(7)14-16-25(17-15-23)19-22(6,10-3)11-4;2*1-3-2;1-2/h21H,8-20H2,1-7H3;2*3H2,1-2H3;1-2H3. The van der Waals surface area contributed by atoms with Crippen molar-refractivity contribution in [2.24, 2.45) is 16.7 Å². The summed E-state index contributed by atoms with van der Waals surface area (Å²) in [5.41, 5.74) is 1.03. The Morgan fingerprint density at radius 2 is 1.30 bits per heavy atom. The van der Waals surface area contributed by atoms with E-state index in [-0.39, 0.29) is 0 Å². The first-order valence-corrected chi connectivity index (χ1v) is 15.1. The molecule has 0 amide bonds. The van der Waals surface area contributed by atoms with Crippen molar-refractivity contribution in [1.82, 2.24) is 9.80 Å². The molecule has 0 radical (unpaired) electrons. The fraction of sp³-hybridized carbons (Fsp3) is 1.00. The van der Waals surface area contributed by atoms with Crippen molar-refractivity contribution in [3.8, 4) is 0 Å². The van der Waals surface area contributed by atoms with Crippen molar-refractivity contribution in [1.29, 1.82) is 0 Å². The molecule has 0 aromatic rings. The largest absolute Gasteiger partial charge is 0.303 e. The molecule has 1 fully saturated rings. The van der Waals surface area contributed by atoms with Crippen LogP contribution >= 0.6 is 0 Å². The Hall–Kier alpha value is -0.0800. The highest BCUT2D eigenvalue weighted by molar-refractivity contribution is 4.87. The number of piperidine rings is 1. The number of hydrogen-bond acceptors (Lipinski definition) is 2. The van der Waals surface area contributed by atoms with Gasteiger partial charge in [-0.25, -0.2) is 0 Å². The topological polar surface area (TPSA) is 6.48 Å². The predicted molar refractivity (Wildman–Crippen MR) is 157 cm³/mol. The average Bonchev–Trinajstić information content (AvgIpc) is 2.82. The first-order chi connectivity index (χ1) is 15.7. The maximum absolute atomic E-state index is 2.75. The summed E-state index contributed by atoms with van der Waals surface area (Å²) < 4.78 is 0. The van der Waals surface area contributed by atoms with Crippen LogP contribution in [0.3, 0.4) is 0 Å². The Balaban J connectivity index is -0.000000987. The van der Waals surface area contributed by atoms with E-state index in [0.717, 1.165) is 5.92 Å². The van der Waals surface area contributed by atoms with Gasteiger partial charge in [-0.1, -0.05) is 116 Å². The van der Waals surface area contributed by atoms with Crippen LogP contribution in [0.4, 0.5) is 0 Å². The van der Waals surface area contributed by atoms with Gasteiger partial charge in [0.05, 0.1) is 0 Å². The number of rotatable bonds is 12. The zero-order chi connectivity index (χ0) is 26.3. The molecule has 33 heavy (non-hydrogen) atoms. The third kappa shape index (κ3) is 18.9. The molecule has 1 atom stereocenters. The van der Waals surface area contributed by atoms with Crippen LogP contribution in [0, 0.1) is 16.7 Å². The highest BCUT2D eigenvalue weighted by Crippen LogP contribution is 2.35. The lowest BCUT2D eigenvalue weighted by atomic mass is 9.78. The lowest BCUT2D eigenvalue weighted by molar-refractivity contribution is 0.0477. The molecule has 0 bridgehead atoms. The number of likely N-dealkylation sites (tertiary alicyclic amines) is 1. The summed E-state index contributed by atoms with van der Waals surface area (Å²) in [6.07, 6.45) is 11.9. The fourth-order valence-electron chi connectivity index (χ4n) is 4.47. The molecule has 1 saturated heterocycles. The quantitative estimate of drug-likeness (QED) is 0.280. The molecule has 1 aliphatic rings. The van der Waals surface area contributed by atoms with Crippen molar-refractivity contribution < 1.29 is 0 Å². The summed E-state index contributed by atoms with van der Waals surface area (Å²) in [5, 5.41) is 0. The van der Waals surface area contributed by atoms with E-state index in [4.69, 9.17) is 0 Å². The number of hydrogen-bond donors (Lipinski definition) is 0. The van der Waals surface area contributed by atoms with E-state index in [1.165, 1.54) is 97.1 Å². The third-order valence-corrected chi connectivity index (χ3v) is 7.22. The van der Waals surface area contributed by atoms with Crippen LogP contribution in [0.1, 0.15) is 148 Å². The smallest absolute Gasteiger partial charge is 0.00363 e. The predicted octanol–water partition coefficient (Wildman–Crippen LogP) is 9.92. The van der Waals surface area contributed by atoms with E-state index in [2.05, 4.69) is 86.0 Å². The molecule has 1 heterocycles. The summed E-state index contributed by atoms with van der Waals surface area (Å²) in [5.74, 6) is 0.892. The summed E-state index contributed by atoms with van der Waals surface area (Å²) in [6.45, 7) is 37.0. The van der Waals surface area contributed by atoms with E-state index in [0.29, 0.717) is 10.8 Å². The molecule has 1 aliphatic heterocycles. The molecule has 1 rings (SSSR count). The second-order valence-electron chi connectivity index (χ2n) is 10.9. The van der Waals surface area contributed by atoms with Crippen LogP contribution in [0.5, 0.6) is 0 Å². The maximum atomic E-state index is 2.75. The molecule has 1 unspecified atom stereocenters. The molecular formula is C31H70N2. The summed E-state index contributed by atoms with van der Waals surface area (Å²) >= 11 is 0. The first kappa shape index (κ1) is 37.5. The van der Waals surface area contributed by atoms with Crippen molar-refractivity contribution >= 4 is 0 Å². The fourth-order valence-corrected chi connectivity index (χ4v) is 4.47. The van der Waals surface area contributed by atoms with Crippen LogP contribution in [0.2, 0.25) is 0 Å². The van der Waals surface area contributed by atoms with Gasteiger partial charge in [0.15, 0.2) is 0 Å². The second-order valence-corrected chi connectivity index (χ2v) is 10.9. The SMILES string of the molecule is CC.CCC.CCC.CCCC(CC)CN(CC)CC1(C)CCN(CC(C)(CC)CC)CC1. The van der Waals surface area contributed by atoms with Gasteiger partial charge in [-0.05, 0) is 68.5 Å². The Kier molecular flexibility index (Phi) is 26.9. The van der Waals surface area contributed by atoms with Gasteiger partial charge in [-0.3, -0.25) is 0 Å². The highest BCUT2D eigenvalue weighted by atomic mass is 15.2. The molecule has 0 aromatic carbocycles. The van der Waals surface area contributed by atoms with E-state index in [9.17, 15) is 0 Å². The van der Waals surface area contributed by atoms with Gasteiger partial charge in [-0.2, -0.15) is 0 Å². The van der Waals surface area contributed by atoms with Crippen LogP contribution < -0.4 is 0 Å². The van der Waals surface area contributed by atoms with Crippen LogP contribution in [0.15, 0.2) is 0 Å². The molecule has 0 aromatic heterocycles. The summed E-state index contributed by atoms with van der Waals surface area (Å²) in [4.78, 5) is 5.50. The van der Waals surface area contributed by atoms with Gasteiger partial charge in [0.25, 0.3) is 0 Å². The summed E-state index contributed by atoms with van der Waals surface area (Å²) in [7, 11) is 0. The first-order valence-electron chi connectivity index (χ1n) is 15.1. The molecule has 2 heteroatoms. The van der Waals surface area contributed by atoms with Crippen LogP contribution in [0.25, 0.3) is 0 Å². The zero-order valence-electron chi connectivity index (χ0n) is 26.1. The number of nitrogens with zero attached hydrogens (tertiary/aromatic N) is 2. The minimum atomic E-state index is 0.512. The summed E-state index contributed by atoms with van der Waals surface area (Å²) in [6, 6.07) is 0. The van der Waals surface area contributed by atoms with E-state index >= 15 is 0 Å². The van der Waals surface area contributed by atoms with E-state index in [1.807, 2.05) is 13.8 Å². The van der Waals surface area contributed by atoms with Gasteiger partial charge in [0.2, 0.25) is 0 Å². The lowest BCUT2D eigenvalue weighted by Crippen LogP contribution is -2.47. The Labute approximate surface area is 213 Å². The minimum Gasteiger partial charge on any atom is -0.303 e. The van der Waals surface area contributed by atoms with Gasteiger partial charge in [0, 0.05) is 19.6 Å². The third-order valence-electron chi connectivity index (χ3n) is 7.22. The molecule has 0 aliphatic carbocycles. The molecule has 2 nitrogen and oxygen atoms in total. The monoisotopic (exact) mass is 471 g/mol. The van der Waals surface area contributed by atoms with Crippen LogP contribution in [-0.2, 0) is 0 Å². The van der Waals surface area contributed by atoms with Gasteiger partial charge >= 0.3 is 0 Å². The van der Waals surface area contributed by atoms with Crippen molar-refractivity contribution in [3.05, 3.63) is 0 Å². The van der Waals surface area contributed by atoms with Crippen LogP contribution in [-0.4, -0.2) is 49.1 Å². The average molecular weight is 471 g/mol. The maximum Gasteiger partial charge on any atom is 0.00363 e. The lowest BCUT2D eigenvalue weighted by Gasteiger charge is -2.45. The molecule has 204 valence electrons. The van der Waals surface area contributed by atoms with E-state index in [1.54, 1.807) is 0 Å². The molecule has 0 saturated carbocycles. The van der Waals surface area contributed by atoms with Crippen molar-refractivity contribution in [2.75, 3.05) is 39.3 Å². The van der Waals surface area contributed by atoms with Crippen molar-refractivity contribution in [3.63, 3.8) is 0 Å². The van der Waals surface area contributed by atoms with E-state index < -0.39 is 0 Å². The molecule has 0 N–H and O–H groups in total. The Morgan fingerprint density at radius 3 is 1.64 bits per heavy atom. The van der Waals surface area contributed by atoms with Crippen molar-refractivity contribution in [2.45, 2.75) is 148 Å². The Morgan fingerprint density at radius 1 is 0.848 bits per heavy atom. The second kappa shape index (κ2) is 23.7. The molecule has 0 spiro atoms.